The molecule has 0 unspecified atom stereocenters. The van der Waals surface area contributed by atoms with Crippen molar-refractivity contribution in [3.63, 3.8) is 0 Å². The number of benzene rings is 2. The minimum absolute atomic E-state index is 0.0826. The van der Waals surface area contributed by atoms with Gasteiger partial charge in [0, 0.05) is 11.1 Å². The summed E-state index contributed by atoms with van der Waals surface area (Å²) in [5.41, 5.74) is 2.35. The summed E-state index contributed by atoms with van der Waals surface area (Å²) in [6, 6.07) is 18.3. The van der Waals surface area contributed by atoms with Crippen LogP contribution in [0.4, 0.5) is 0 Å². The highest BCUT2D eigenvalue weighted by atomic mass is 35.5. The summed E-state index contributed by atoms with van der Waals surface area (Å²) in [4.78, 5) is 12.1. The van der Waals surface area contributed by atoms with E-state index in [2.05, 4.69) is 24.4 Å². The summed E-state index contributed by atoms with van der Waals surface area (Å²) in [6.45, 7) is 4.09. The molecule has 2 aromatic carbocycles. The van der Waals surface area contributed by atoms with Crippen LogP contribution in [0.15, 0.2) is 54.6 Å². The third kappa shape index (κ3) is 5.60. The summed E-state index contributed by atoms with van der Waals surface area (Å²) < 4.78 is 0. The lowest BCUT2D eigenvalue weighted by atomic mass is 10.0. The molecule has 4 heteroatoms. The molecule has 0 aliphatic carbocycles. The summed E-state index contributed by atoms with van der Waals surface area (Å²) in [6.07, 6.45) is 0.940. The summed E-state index contributed by atoms with van der Waals surface area (Å²) in [7, 11) is 0. The molecule has 0 spiro atoms. The van der Waals surface area contributed by atoms with Crippen molar-refractivity contribution in [2.45, 2.75) is 31.6 Å². The van der Waals surface area contributed by atoms with Crippen LogP contribution in [0.5, 0.6) is 0 Å². The van der Waals surface area contributed by atoms with Crippen molar-refractivity contribution in [2.24, 2.45) is 0 Å². The van der Waals surface area contributed by atoms with Crippen LogP contribution in [-0.2, 0) is 4.79 Å². The summed E-state index contributed by atoms with van der Waals surface area (Å²) in [5, 5.41) is 3.86. The molecular formula is C19H22ClNOS. The molecule has 2 atom stereocenters. The van der Waals surface area contributed by atoms with Crippen LogP contribution in [0.1, 0.15) is 36.6 Å². The largest absolute Gasteiger partial charge is 0.353 e. The van der Waals surface area contributed by atoms with Crippen molar-refractivity contribution in [3.05, 3.63) is 70.7 Å². The van der Waals surface area contributed by atoms with E-state index in [0.717, 1.165) is 17.0 Å². The highest BCUT2D eigenvalue weighted by Gasteiger charge is 2.17. The van der Waals surface area contributed by atoms with E-state index >= 15 is 0 Å². The van der Waals surface area contributed by atoms with Gasteiger partial charge in [0.2, 0.25) is 5.91 Å². The molecule has 0 bridgehead atoms. The first kappa shape index (κ1) is 17.9. The van der Waals surface area contributed by atoms with Crippen molar-refractivity contribution < 1.29 is 4.79 Å². The van der Waals surface area contributed by atoms with Gasteiger partial charge in [0.05, 0.1) is 11.0 Å². The number of carbonyl (C=O) groups is 1. The van der Waals surface area contributed by atoms with Gasteiger partial charge in [0.1, 0.15) is 0 Å². The summed E-state index contributed by atoms with van der Waals surface area (Å²) in [5.74, 6) is 0.520. The van der Waals surface area contributed by atoms with Gasteiger partial charge < -0.3 is 5.32 Å². The molecule has 23 heavy (non-hydrogen) atoms. The molecule has 1 N–H and O–H groups in total. The predicted molar refractivity (Wildman–Crippen MR) is 100 cm³/mol. The fourth-order valence-corrected chi connectivity index (χ4v) is 3.45. The maximum atomic E-state index is 12.1. The molecule has 2 aromatic rings. The number of rotatable bonds is 7. The molecule has 2 nitrogen and oxygen atoms in total. The highest BCUT2D eigenvalue weighted by Crippen LogP contribution is 2.35. The van der Waals surface area contributed by atoms with Crippen molar-refractivity contribution in [3.8, 4) is 0 Å². The van der Waals surface area contributed by atoms with E-state index in [0.29, 0.717) is 5.75 Å². The lowest BCUT2D eigenvalue weighted by molar-refractivity contribution is -0.119. The molecule has 122 valence electrons. The second kappa shape index (κ2) is 8.99. The van der Waals surface area contributed by atoms with E-state index in [4.69, 9.17) is 11.6 Å². The van der Waals surface area contributed by atoms with Crippen LogP contribution < -0.4 is 5.32 Å². The number of hydrogen-bond donors (Lipinski definition) is 1. The number of hydrogen-bond acceptors (Lipinski definition) is 2. The van der Waals surface area contributed by atoms with Gasteiger partial charge in [-0.3, -0.25) is 4.79 Å². The third-order valence-corrected chi connectivity index (χ3v) is 5.23. The van der Waals surface area contributed by atoms with Gasteiger partial charge in [-0.2, -0.15) is 0 Å². The van der Waals surface area contributed by atoms with Crippen LogP contribution in [0, 0.1) is 0 Å². The predicted octanol–water partition coefficient (Wildman–Crippen LogP) is 5.08. The highest BCUT2D eigenvalue weighted by molar-refractivity contribution is 8.00. The molecule has 1 amide bonds. The first-order valence-electron chi connectivity index (χ1n) is 7.81. The van der Waals surface area contributed by atoms with Crippen molar-refractivity contribution in [1.29, 1.82) is 0 Å². The average Bonchev–Trinajstić information content (AvgIpc) is 2.57. The van der Waals surface area contributed by atoms with E-state index in [1.807, 2.05) is 49.4 Å². The molecular weight excluding hydrogens is 326 g/mol. The van der Waals surface area contributed by atoms with Crippen LogP contribution in [0.25, 0.3) is 0 Å². The van der Waals surface area contributed by atoms with Gasteiger partial charge in [-0.15, -0.1) is 11.8 Å². The standard InChI is InChI=1S/C19H22ClNOS/c1-3-14(2)21-18(22)13-23-19(15-7-5-4-6-8-15)16-9-11-17(20)12-10-16/h4-12,14,19H,3,13H2,1-2H3,(H,21,22)/t14-,19-/m1/s1. The minimum Gasteiger partial charge on any atom is -0.353 e. The van der Waals surface area contributed by atoms with Gasteiger partial charge in [-0.05, 0) is 36.6 Å². The molecule has 0 fully saturated rings. The van der Waals surface area contributed by atoms with Gasteiger partial charge in [-0.1, -0.05) is 61.0 Å². The molecule has 0 aliphatic heterocycles. The molecule has 0 saturated carbocycles. The van der Waals surface area contributed by atoms with Gasteiger partial charge in [0.15, 0.2) is 0 Å². The van der Waals surface area contributed by atoms with E-state index in [9.17, 15) is 4.79 Å². The Hall–Kier alpha value is -1.45. The lowest BCUT2D eigenvalue weighted by Crippen LogP contribution is -2.33. The molecule has 0 heterocycles. The van der Waals surface area contributed by atoms with Crippen molar-refractivity contribution in [1.82, 2.24) is 5.32 Å². The maximum absolute atomic E-state index is 12.1. The number of nitrogens with one attached hydrogen (secondary N) is 1. The third-order valence-electron chi connectivity index (χ3n) is 3.68. The van der Waals surface area contributed by atoms with Crippen LogP contribution in [0.3, 0.4) is 0 Å². The number of thioether (sulfide) groups is 1. The van der Waals surface area contributed by atoms with Gasteiger partial charge >= 0.3 is 0 Å². The number of amides is 1. The van der Waals surface area contributed by atoms with E-state index < -0.39 is 0 Å². The maximum Gasteiger partial charge on any atom is 0.230 e. The zero-order valence-corrected chi connectivity index (χ0v) is 15.0. The first-order chi connectivity index (χ1) is 11.1. The molecule has 0 aromatic heterocycles. The molecule has 0 saturated heterocycles. The quantitative estimate of drug-likeness (QED) is 0.756. The minimum atomic E-state index is 0.0826. The second-order valence-electron chi connectivity index (χ2n) is 5.53. The lowest BCUT2D eigenvalue weighted by Gasteiger charge is -2.18. The Balaban J connectivity index is 2.12. The van der Waals surface area contributed by atoms with E-state index in [1.54, 1.807) is 11.8 Å². The SMILES string of the molecule is CC[C@@H](C)NC(=O)CS[C@H](c1ccccc1)c1ccc(Cl)cc1. The van der Waals surface area contributed by atoms with Crippen LogP contribution >= 0.6 is 23.4 Å². The van der Waals surface area contributed by atoms with Crippen LogP contribution in [-0.4, -0.2) is 17.7 Å². The second-order valence-corrected chi connectivity index (χ2v) is 7.06. The van der Waals surface area contributed by atoms with Crippen molar-refractivity contribution in [2.75, 3.05) is 5.75 Å². The Kier molecular flexibility index (Phi) is 7.00. The fraction of sp³-hybridized carbons (Fsp3) is 0.316. The Morgan fingerprint density at radius 2 is 1.70 bits per heavy atom. The Morgan fingerprint density at radius 3 is 2.30 bits per heavy atom. The first-order valence-corrected chi connectivity index (χ1v) is 9.24. The molecule has 0 radical (unpaired) electrons. The monoisotopic (exact) mass is 347 g/mol. The Labute approximate surface area is 147 Å². The Bertz CT molecular complexity index is 615. The van der Waals surface area contributed by atoms with Crippen molar-refractivity contribution >= 4 is 29.3 Å². The number of carbonyl (C=O) groups excluding carboxylic acids is 1. The average molecular weight is 348 g/mol. The normalized spacial score (nSPS) is 13.3. The Morgan fingerprint density at radius 1 is 1.09 bits per heavy atom. The van der Waals surface area contributed by atoms with E-state index in [1.165, 1.54) is 5.56 Å². The zero-order valence-electron chi connectivity index (χ0n) is 13.5. The summed E-state index contributed by atoms with van der Waals surface area (Å²) >= 11 is 7.63. The number of halogens is 1. The molecule has 0 aliphatic rings. The van der Waals surface area contributed by atoms with Crippen LogP contribution in [0.2, 0.25) is 5.02 Å². The fourth-order valence-electron chi connectivity index (χ4n) is 2.23. The smallest absolute Gasteiger partial charge is 0.230 e. The van der Waals surface area contributed by atoms with E-state index in [-0.39, 0.29) is 17.2 Å². The zero-order chi connectivity index (χ0) is 16.7. The topological polar surface area (TPSA) is 29.1 Å². The van der Waals surface area contributed by atoms with Gasteiger partial charge in [0.25, 0.3) is 0 Å². The molecule has 2 rings (SSSR count). The van der Waals surface area contributed by atoms with Gasteiger partial charge in [-0.25, -0.2) is 0 Å².